The van der Waals surface area contributed by atoms with Crippen molar-refractivity contribution in [2.75, 3.05) is 25.6 Å². The van der Waals surface area contributed by atoms with E-state index in [4.69, 9.17) is 16.3 Å². The lowest BCUT2D eigenvalue weighted by atomic mass is 9.84. The van der Waals surface area contributed by atoms with Gasteiger partial charge in [-0.05, 0) is 19.3 Å². The fourth-order valence-corrected chi connectivity index (χ4v) is 2.85. The number of rotatable bonds is 1. The van der Waals surface area contributed by atoms with Crippen LogP contribution in [0.4, 0.5) is 0 Å². The third-order valence-corrected chi connectivity index (χ3v) is 3.70. The van der Waals surface area contributed by atoms with E-state index in [1.165, 1.54) is 0 Å². The van der Waals surface area contributed by atoms with Crippen LogP contribution in [0.1, 0.15) is 25.7 Å². The Balaban J connectivity index is 2.02. The van der Waals surface area contributed by atoms with Crippen LogP contribution in [0.5, 0.6) is 0 Å². The van der Waals surface area contributed by atoms with Crippen molar-refractivity contribution >= 4 is 17.5 Å². The van der Waals surface area contributed by atoms with Crippen LogP contribution < -0.4 is 0 Å². The first-order chi connectivity index (χ1) is 7.65. The zero-order valence-corrected chi connectivity index (χ0v) is 10.1. The predicted octanol–water partition coefficient (Wildman–Crippen LogP) is 0.758. The Kier molecular flexibility index (Phi) is 3.72. The number of likely N-dealkylation sites (tertiary alicyclic amines) is 1. The van der Waals surface area contributed by atoms with Gasteiger partial charge < -0.3 is 14.7 Å². The molecule has 2 saturated heterocycles. The SMILES string of the molecule is O=C(CCl)N1CCCC2(CC(O)CCO2)C1. The number of halogens is 1. The molecule has 0 aromatic heterocycles. The Morgan fingerprint density at radius 1 is 1.62 bits per heavy atom. The number of hydrogen-bond donors (Lipinski definition) is 1. The van der Waals surface area contributed by atoms with Gasteiger partial charge in [0.15, 0.2) is 0 Å². The molecule has 4 nitrogen and oxygen atoms in total. The van der Waals surface area contributed by atoms with Gasteiger partial charge in [-0.3, -0.25) is 4.79 Å². The molecule has 2 atom stereocenters. The number of aliphatic hydroxyl groups excluding tert-OH is 1. The van der Waals surface area contributed by atoms with Crippen molar-refractivity contribution in [1.29, 1.82) is 0 Å². The molecule has 0 bridgehead atoms. The van der Waals surface area contributed by atoms with Gasteiger partial charge in [-0.15, -0.1) is 11.6 Å². The molecule has 2 aliphatic rings. The van der Waals surface area contributed by atoms with Gasteiger partial charge in [0.2, 0.25) is 5.91 Å². The number of piperidine rings is 1. The molecule has 0 radical (unpaired) electrons. The molecule has 92 valence electrons. The molecule has 2 rings (SSSR count). The highest BCUT2D eigenvalue weighted by Crippen LogP contribution is 2.33. The van der Waals surface area contributed by atoms with Crippen LogP contribution in [-0.4, -0.2) is 53.2 Å². The Morgan fingerprint density at radius 2 is 2.44 bits per heavy atom. The van der Waals surface area contributed by atoms with Crippen LogP contribution in [0.2, 0.25) is 0 Å². The number of amides is 1. The lowest BCUT2D eigenvalue weighted by molar-refractivity contribution is -0.159. The summed E-state index contributed by atoms with van der Waals surface area (Å²) in [6.07, 6.45) is 2.90. The van der Waals surface area contributed by atoms with E-state index in [2.05, 4.69) is 0 Å². The van der Waals surface area contributed by atoms with E-state index in [9.17, 15) is 9.90 Å². The molecule has 1 spiro atoms. The minimum absolute atomic E-state index is 0.0264. The van der Waals surface area contributed by atoms with Crippen molar-refractivity contribution in [3.05, 3.63) is 0 Å². The van der Waals surface area contributed by atoms with Gasteiger partial charge >= 0.3 is 0 Å². The fraction of sp³-hybridized carbons (Fsp3) is 0.909. The maximum atomic E-state index is 11.6. The van der Waals surface area contributed by atoms with E-state index in [0.717, 1.165) is 19.4 Å². The van der Waals surface area contributed by atoms with Crippen molar-refractivity contribution in [3.63, 3.8) is 0 Å². The maximum Gasteiger partial charge on any atom is 0.237 e. The normalized spacial score (nSPS) is 35.4. The predicted molar refractivity (Wildman–Crippen MR) is 60.5 cm³/mol. The minimum atomic E-state index is -0.322. The number of carbonyl (C=O) groups is 1. The largest absolute Gasteiger partial charge is 0.393 e. The topological polar surface area (TPSA) is 49.8 Å². The molecule has 2 aliphatic heterocycles. The van der Waals surface area contributed by atoms with E-state index >= 15 is 0 Å². The Bertz CT molecular complexity index is 270. The van der Waals surface area contributed by atoms with E-state index in [0.29, 0.717) is 26.0 Å². The summed E-state index contributed by atoms with van der Waals surface area (Å²) in [6.45, 7) is 1.92. The van der Waals surface area contributed by atoms with Gasteiger partial charge in [-0.25, -0.2) is 0 Å². The summed E-state index contributed by atoms with van der Waals surface area (Å²) >= 11 is 5.56. The molecule has 16 heavy (non-hydrogen) atoms. The van der Waals surface area contributed by atoms with Crippen LogP contribution in [-0.2, 0) is 9.53 Å². The zero-order valence-electron chi connectivity index (χ0n) is 9.32. The summed E-state index contributed by atoms with van der Waals surface area (Å²) in [6, 6.07) is 0. The maximum absolute atomic E-state index is 11.6. The second-order valence-electron chi connectivity index (χ2n) is 4.73. The average Bonchev–Trinajstić information content (AvgIpc) is 2.28. The molecule has 0 aromatic carbocycles. The van der Waals surface area contributed by atoms with Gasteiger partial charge in [0.05, 0.1) is 11.7 Å². The first kappa shape index (κ1) is 12.1. The molecule has 1 N–H and O–H groups in total. The highest BCUT2D eigenvalue weighted by Gasteiger charge is 2.41. The van der Waals surface area contributed by atoms with Crippen molar-refractivity contribution < 1.29 is 14.6 Å². The Labute approximate surface area is 101 Å². The minimum Gasteiger partial charge on any atom is -0.393 e. The third-order valence-electron chi connectivity index (χ3n) is 3.47. The van der Waals surface area contributed by atoms with E-state index in [1.807, 2.05) is 0 Å². The van der Waals surface area contributed by atoms with Crippen LogP contribution in [0, 0.1) is 0 Å². The smallest absolute Gasteiger partial charge is 0.237 e. The number of ether oxygens (including phenoxy) is 1. The lowest BCUT2D eigenvalue weighted by Gasteiger charge is -2.46. The second-order valence-corrected chi connectivity index (χ2v) is 5.00. The monoisotopic (exact) mass is 247 g/mol. The van der Waals surface area contributed by atoms with Gasteiger partial charge in [0, 0.05) is 26.1 Å². The van der Waals surface area contributed by atoms with Crippen LogP contribution >= 0.6 is 11.6 Å². The summed E-state index contributed by atoms with van der Waals surface area (Å²) < 4.78 is 5.80. The first-order valence-electron chi connectivity index (χ1n) is 5.81. The highest BCUT2D eigenvalue weighted by molar-refractivity contribution is 6.27. The summed E-state index contributed by atoms with van der Waals surface area (Å²) in [7, 11) is 0. The molecule has 2 unspecified atom stereocenters. The van der Waals surface area contributed by atoms with Crippen molar-refractivity contribution in [2.45, 2.75) is 37.4 Å². The molecule has 0 aliphatic carbocycles. The molecular weight excluding hydrogens is 230 g/mol. The lowest BCUT2D eigenvalue weighted by Crippen LogP contribution is -2.55. The van der Waals surface area contributed by atoms with Crippen LogP contribution in [0.3, 0.4) is 0 Å². The summed E-state index contributed by atoms with van der Waals surface area (Å²) in [5.41, 5.74) is -0.322. The Morgan fingerprint density at radius 3 is 3.12 bits per heavy atom. The molecular formula is C11H18ClNO3. The average molecular weight is 248 g/mol. The molecule has 5 heteroatoms. The number of aliphatic hydroxyl groups is 1. The first-order valence-corrected chi connectivity index (χ1v) is 6.34. The highest BCUT2D eigenvalue weighted by atomic mass is 35.5. The van der Waals surface area contributed by atoms with E-state index in [1.54, 1.807) is 4.90 Å². The van der Waals surface area contributed by atoms with Gasteiger partial charge in [0.1, 0.15) is 5.88 Å². The molecule has 0 aromatic rings. The van der Waals surface area contributed by atoms with Gasteiger partial charge in [-0.1, -0.05) is 0 Å². The molecule has 0 saturated carbocycles. The summed E-state index contributed by atoms with van der Waals surface area (Å²) in [4.78, 5) is 13.3. The van der Waals surface area contributed by atoms with E-state index in [-0.39, 0.29) is 23.5 Å². The number of hydrogen-bond acceptors (Lipinski definition) is 3. The molecule has 2 fully saturated rings. The van der Waals surface area contributed by atoms with Crippen molar-refractivity contribution in [2.24, 2.45) is 0 Å². The molecule has 1 amide bonds. The zero-order chi connectivity index (χ0) is 11.6. The van der Waals surface area contributed by atoms with E-state index < -0.39 is 0 Å². The van der Waals surface area contributed by atoms with Crippen LogP contribution in [0.25, 0.3) is 0 Å². The third kappa shape index (κ3) is 2.50. The number of carbonyl (C=O) groups excluding carboxylic acids is 1. The van der Waals surface area contributed by atoms with Gasteiger partial charge in [-0.2, -0.15) is 0 Å². The van der Waals surface area contributed by atoms with Crippen molar-refractivity contribution in [1.82, 2.24) is 4.90 Å². The van der Waals surface area contributed by atoms with Crippen molar-refractivity contribution in [3.8, 4) is 0 Å². The summed E-state index contributed by atoms with van der Waals surface area (Å²) in [5, 5.41) is 9.70. The second kappa shape index (κ2) is 4.90. The fourth-order valence-electron chi connectivity index (χ4n) is 2.68. The summed E-state index contributed by atoms with van der Waals surface area (Å²) in [5.74, 6) is -0.0112. The number of alkyl halides is 1. The quantitative estimate of drug-likeness (QED) is 0.696. The van der Waals surface area contributed by atoms with Gasteiger partial charge in [0.25, 0.3) is 0 Å². The number of nitrogens with zero attached hydrogens (tertiary/aromatic N) is 1. The molecule has 2 heterocycles. The standard InChI is InChI=1S/C11H18ClNO3/c12-7-10(15)13-4-1-3-11(8-13)6-9(14)2-5-16-11/h9,14H,1-8H2. The van der Waals surface area contributed by atoms with Crippen LogP contribution in [0.15, 0.2) is 0 Å². The Hall–Kier alpha value is -0.320.